The van der Waals surface area contributed by atoms with E-state index in [-0.39, 0.29) is 133 Å². The Kier molecular flexibility index (Phi) is 12.5. The molecule has 1 spiro atoms. The number of fused-ring (bicyclic) bond motifs is 7. The van der Waals surface area contributed by atoms with Crippen LogP contribution in [0.4, 0.5) is 0 Å². The number of Topliss-reactive ketones (excluding diaryl/α,β-unsaturated/α-hetero) is 1. The molecule has 1 aromatic rings. The van der Waals surface area contributed by atoms with E-state index < -0.39 is 25.8 Å². The summed E-state index contributed by atoms with van der Waals surface area (Å²) in [7, 11) is -2.41. The minimum absolute atomic E-state index is 0.0108. The molecule has 69 heavy (non-hydrogen) atoms. The molecule has 378 valence electrons. The Morgan fingerprint density at radius 3 is 2.20 bits per heavy atom. The van der Waals surface area contributed by atoms with Gasteiger partial charge in [0.25, 0.3) is 11.8 Å². The number of carbonyl (C=O) groups excluding carboxylic acids is 3. The molecule has 14 heteroatoms. The molecule has 11 aliphatic heterocycles. The normalized spacial score (nSPS) is 44.9. The second-order valence-electron chi connectivity index (χ2n) is 24.6. The number of imide groups is 1. The van der Waals surface area contributed by atoms with E-state index in [1.165, 1.54) is 4.90 Å². The zero-order valence-corrected chi connectivity index (χ0v) is 43.3. The van der Waals surface area contributed by atoms with Crippen molar-refractivity contribution in [2.24, 2.45) is 17.8 Å². The largest absolute Gasteiger partial charge is 0.412 e. The summed E-state index contributed by atoms with van der Waals surface area (Å²) in [6.07, 6.45) is 5.15. The molecular formula is C55H77NO12Si. The van der Waals surface area contributed by atoms with Crippen molar-refractivity contribution in [1.29, 1.82) is 0 Å². The maximum atomic E-state index is 14.7. The number of ketones is 1. The molecule has 10 fully saturated rings. The lowest BCUT2D eigenvalue weighted by molar-refractivity contribution is -0.294. The van der Waals surface area contributed by atoms with Crippen LogP contribution in [-0.2, 0) is 47.1 Å². The summed E-state index contributed by atoms with van der Waals surface area (Å²) < 4.78 is 62.9. The lowest BCUT2D eigenvalue weighted by Crippen LogP contribution is -2.61. The molecule has 10 saturated heterocycles. The van der Waals surface area contributed by atoms with E-state index in [9.17, 15) is 14.4 Å². The van der Waals surface area contributed by atoms with Crippen molar-refractivity contribution in [3.05, 3.63) is 59.7 Å². The smallest absolute Gasteiger partial charge is 0.261 e. The van der Waals surface area contributed by atoms with Crippen LogP contribution in [0, 0.1) is 17.8 Å². The van der Waals surface area contributed by atoms with Gasteiger partial charge in [0.05, 0.1) is 72.6 Å². The summed E-state index contributed by atoms with van der Waals surface area (Å²) in [6, 6.07) is 7.03. The van der Waals surface area contributed by atoms with Gasteiger partial charge in [-0.05, 0) is 111 Å². The molecule has 0 aromatic heterocycles. The fraction of sp³-hybridized carbons (Fsp3) is 0.764. The Morgan fingerprint density at radius 2 is 1.46 bits per heavy atom. The van der Waals surface area contributed by atoms with E-state index >= 15 is 0 Å². The molecule has 1 aromatic carbocycles. The molecule has 0 aliphatic carbocycles. The first-order valence-corrected chi connectivity index (χ1v) is 29.4. The number of rotatable bonds is 6. The third-order valence-electron chi connectivity index (χ3n) is 18.8. The van der Waals surface area contributed by atoms with Gasteiger partial charge in [-0.25, -0.2) is 0 Å². The van der Waals surface area contributed by atoms with Crippen molar-refractivity contribution in [3.63, 3.8) is 0 Å². The van der Waals surface area contributed by atoms with Gasteiger partial charge in [-0.1, -0.05) is 59.9 Å². The fourth-order valence-corrected chi connectivity index (χ4v) is 15.3. The first-order valence-electron chi connectivity index (χ1n) is 26.5. The van der Waals surface area contributed by atoms with Crippen molar-refractivity contribution >= 4 is 25.9 Å². The maximum Gasteiger partial charge on any atom is 0.261 e. The summed E-state index contributed by atoms with van der Waals surface area (Å²) in [5.74, 6) is -1.22. The zero-order valence-electron chi connectivity index (χ0n) is 42.3. The molecule has 2 amide bonds. The van der Waals surface area contributed by atoms with Crippen LogP contribution in [0.1, 0.15) is 146 Å². The highest BCUT2D eigenvalue weighted by atomic mass is 28.4. The van der Waals surface area contributed by atoms with E-state index in [4.69, 9.17) is 42.3 Å². The molecular weight excluding hydrogens is 895 g/mol. The summed E-state index contributed by atoms with van der Waals surface area (Å²) in [6.45, 7) is 26.8. The number of benzene rings is 1. The lowest BCUT2D eigenvalue weighted by atomic mass is 9.78. The third kappa shape index (κ3) is 8.73. The molecule has 12 bridgehead atoms. The predicted octanol–water partition coefficient (Wildman–Crippen LogP) is 8.82. The SMILES string of the molecule is C=C1C[C@@H]2CC[C@@]34C[C@]5(C)O[C@H]6[C@@H](O3)[C@H]3OC(CC[C@@H]3O[C@H]6[C@H]5O4)CC(=O)CC3[C@@H](C)C(C[C@@H](CN4C(=O)c5ccccc5C4=O)O[Si](C)(C)C(C)(C)C)O[C@H]3CC3O[C@@H](CCC1O2)C[C@@H](C)C3=C. The van der Waals surface area contributed by atoms with Gasteiger partial charge in [0.15, 0.2) is 14.1 Å². The number of amides is 2. The molecule has 0 N–H and O–H groups in total. The number of hydrogen-bond donors (Lipinski definition) is 0. The Hall–Kier alpha value is -2.63. The van der Waals surface area contributed by atoms with Crippen LogP contribution >= 0.6 is 0 Å². The van der Waals surface area contributed by atoms with Crippen LogP contribution in [0.3, 0.4) is 0 Å². The Balaban J connectivity index is 0.875. The summed E-state index contributed by atoms with van der Waals surface area (Å²) in [5.41, 5.74) is 2.51. The minimum atomic E-state index is -2.41. The Bertz CT molecular complexity index is 2190. The minimum Gasteiger partial charge on any atom is -0.412 e. The highest BCUT2D eigenvalue weighted by molar-refractivity contribution is 6.74. The number of nitrogens with zero attached hydrogens (tertiary/aromatic N) is 1. The molecule has 12 rings (SSSR count). The van der Waals surface area contributed by atoms with Crippen molar-refractivity contribution < 1.29 is 56.7 Å². The molecule has 13 nitrogen and oxygen atoms in total. The second-order valence-corrected chi connectivity index (χ2v) is 29.4. The summed E-state index contributed by atoms with van der Waals surface area (Å²) in [4.78, 5) is 43.6. The van der Waals surface area contributed by atoms with Gasteiger partial charge < -0.3 is 42.3 Å². The summed E-state index contributed by atoms with van der Waals surface area (Å²) >= 11 is 0. The van der Waals surface area contributed by atoms with E-state index in [2.05, 4.69) is 67.8 Å². The van der Waals surface area contributed by atoms with Crippen LogP contribution in [0.5, 0.6) is 0 Å². The molecule has 19 atom stereocenters. The van der Waals surface area contributed by atoms with Crippen LogP contribution in [0.25, 0.3) is 0 Å². The first kappa shape index (κ1) is 48.6. The predicted molar refractivity (Wildman–Crippen MR) is 258 cm³/mol. The highest BCUT2D eigenvalue weighted by Gasteiger charge is 2.73. The van der Waals surface area contributed by atoms with Gasteiger partial charge >= 0.3 is 0 Å². The van der Waals surface area contributed by atoms with Crippen LogP contribution < -0.4 is 0 Å². The van der Waals surface area contributed by atoms with Gasteiger partial charge in [0.1, 0.15) is 41.9 Å². The van der Waals surface area contributed by atoms with Crippen molar-refractivity contribution in [2.45, 2.75) is 240 Å². The van der Waals surface area contributed by atoms with Crippen molar-refractivity contribution in [1.82, 2.24) is 4.90 Å². The summed E-state index contributed by atoms with van der Waals surface area (Å²) in [5, 5.41) is -0.122. The maximum absolute atomic E-state index is 14.7. The number of ether oxygens (including phenoxy) is 8. The zero-order chi connectivity index (χ0) is 48.5. The van der Waals surface area contributed by atoms with Crippen molar-refractivity contribution in [2.75, 3.05) is 6.54 Å². The van der Waals surface area contributed by atoms with Crippen LogP contribution in [-0.4, -0.2) is 134 Å². The molecule has 11 aliphatic rings. The van der Waals surface area contributed by atoms with Gasteiger partial charge in [0.2, 0.25) is 0 Å². The van der Waals surface area contributed by atoms with Gasteiger partial charge in [-0.15, -0.1) is 0 Å². The van der Waals surface area contributed by atoms with E-state index in [1.807, 2.05) is 0 Å². The monoisotopic (exact) mass is 972 g/mol. The molecule has 0 saturated carbocycles. The quantitative estimate of drug-likeness (QED) is 0.153. The second kappa shape index (κ2) is 17.8. The number of carbonyl (C=O) groups is 3. The molecule has 11 heterocycles. The van der Waals surface area contributed by atoms with Gasteiger partial charge in [0, 0.05) is 38.5 Å². The number of hydrogen-bond acceptors (Lipinski definition) is 12. The third-order valence-corrected chi connectivity index (χ3v) is 23.3. The van der Waals surface area contributed by atoms with Gasteiger partial charge in [-0.3, -0.25) is 19.3 Å². The fourth-order valence-electron chi connectivity index (χ4n) is 13.9. The van der Waals surface area contributed by atoms with E-state index in [0.717, 1.165) is 49.7 Å². The van der Waals surface area contributed by atoms with E-state index in [0.29, 0.717) is 49.7 Å². The standard InChI is InChI=1S/C55H77NO12Si/c1-29-21-34-15-17-41-30(2)22-36(60-41)19-20-55-28-54(8)50(67-55)49-48(65-54)47(66-55)46-42(64-49)18-16-35(62-46)23-33(57)24-40-32(4)43(63-45(40)26-44(61-34)31(29)3)25-37(68-69(9,10)53(5,6)7)27-56-51(58)38-13-11-12-14-39(38)52(56)59/h11-14,29,32,34-37,40-50H,2-3,15-28H2,1,4-10H3/t29-,32-,34+,35?,36+,37+,40?,41?,42+,43?,44?,45+,46+,47+,48+,49-,50-,54+,55-/m1/s1. The molecule has 0 radical (unpaired) electrons. The Labute approximate surface area is 410 Å². The van der Waals surface area contributed by atoms with Gasteiger partial charge in [-0.2, -0.15) is 0 Å². The van der Waals surface area contributed by atoms with Crippen molar-refractivity contribution in [3.8, 4) is 0 Å². The average Bonchev–Trinajstić information content (AvgIpc) is 3.98. The topological polar surface area (TPSA) is 138 Å². The van der Waals surface area contributed by atoms with Crippen LogP contribution in [0.15, 0.2) is 48.6 Å². The lowest BCUT2D eigenvalue weighted by Gasteiger charge is -2.47. The first-order chi connectivity index (χ1) is 32.7. The highest BCUT2D eigenvalue weighted by Crippen LogP contribution is 2.59. The average molecular weight is 972 g/mol. The van der Waals surface area contributed by atoms with E-state index in [1.54, 1.807) is 24.3 Å². The molecule has 5 unspecified atom stereocenters. The Morgan fingerprint density at radius 1 is 0.768 bits per heavy atom. The van der Waals surface area contributed by atoms with Crippen LogP contribution in [0.2, 0.25) is 18.1 Å².